The summed E-state index contributed by atoms with van der Waals surface area (Å²) in [5.41, 5.74) is 1.50. The molecule has 0 N–H and O–H groups in total. The summed E-state index contributed by atoms with van der Waals surface area (Å²) in [6.45, 7) is 5.34. The molecule has 0 aliphatic heterocycles. The number of carbonyl (C=O) groups excluding carboxylic acids is 1. The molecule has 0 saturated carbocycles. The van der Waals surface area contributed by atoms with Gasteiger partial charge in [-0.2, -0.15) is 0 Å². The highest BCUT2D eigenvalue weighted by Crippen LogP contribution is 2.38. The molecule has 116 valence electrons. The van der Waals surface area contributed by atoms with Crippen LogP contribution < -0.4 is 0 Å². The Morgan fingerprint density at radius 3 is 2.70 bits per heavy atom. The summed E-state index contributed by atoms with van der Waals surface area (Å²) in [6.07, 6.45) is 0.503. The predicted molar refractivity (Wildman–Crippen MR) is 95.6 cm³/mol. The fourth-order valence-electron chi connectivity index (χ4n) is 2.93. The lowest BCUT2D eigenvalue weighted by molar-refractivity contribution is -0.117. The van der Waals surface area contributed by atoms with Crippen LogP contribution in [0.1, 0.15) is 44.2 Å². The smallest absolute Gasteiger partial charge is 0.148 e. The van der Waals surface area contributed by atoms with Gasteiger partial charge in [-0.3, -0.25) is 0 Å². The topological polar surface area (TPSA) is 17.1 Å². The second-order valence-corrected chi connectivity index (χ2v) is 6.92. The SMILES string of the molecule is CC#Cc1ccc2sc3ccc(C(C)CC(C)=O)cc3c2c1F. The number of Topliss-reactive ketones (excluding diaryl/α,β-unsaturated/α-hetero) is 1. The molecule has 1 aromatic heterocycles. The van der Waals surface area contributed by atoms with Crippen molar-refractivity contribution < 1.29 is 9.18 Å². The first-order valence-electron chi connectivity index (χ1n) is 7.58. The van der Waals surface area contributed by atoms with E-state index >= 15 is 0 Å². The third-order valence-electron chi connectivity index (χ3n) is 4.02. The first-order valence-corrected chi connectivity index (χ1v) is 8.39. The molecule has 0 aliphatic carbocycles. The van der Waals surface area contributed by atoms with Crippen LogP contribution in [0.15, 0.2) is 30.3 Å². The summed E-state index contributed by atoms with van der Waals surface area (Å²) in [4.78, 5) is 11.4. The fraction of sp³-hybridized carbons (Fsp3) is 0.250. The Hall–Kier alpha value is -2.18. The van der Waals surface area contributed by atoms with Crippen LogP contribution in [0, 0.1) is 17.7 Å². The van der Waals surface area contributed by atoms with Gasteiger partial charge in [0.2, 0.25) is 0 Å². The summed E-state index contributed by atoms with van der Waals surface area (Å²) in [5.74, 6) is 5.63. The van der Waals surface area contributed by atoms with Crippen LogP contribution in [-0.4, -0.2) is 5.78 Å². The zero-order valence-electron chi connectivity index (χ0n) is 13.4. The Bertz CT molecular complexity index is 972. The number of hydrogen-bond donors (Lipinski definition) is 0. The number of benzene rings is 2. The molecule has 3 aromatic rings. The number of ketones is 1. The van der Waals surface area contributed by atoms with Crippen LogP contribution in [-0.2, 0) is 4.79 Å². The van der Waals surface area contributed by atoms with Crippen molar-refractivity contribution in [2.75, 3.05) is 0 Å². The Morgan fingerprint density at radius 2 is 2.00 bits per heavy atom. The minimum Gasteiger partial charge on any atom is -0.300 e. The van der Waals surface area contributed by atoms with Crippen molar-refractivity contribution in [1.82, 2.24) is 0 Å². The minimum atomic E-state index is -0.250. The van der Waals surface area contributed by atoms with Gasteiger partial charge in [-0.1, -0.05) is 18.9 Å². The largest absolute Gasteiger partial charge is 0.300 e. The Balaban J connectivity index is 2.23. The van der Waals surface area contributed by atoms with Crippen molar-refractivity contribution in [2.24, 2.45) is 0 Å². The molecule has 0 bridgehead atoms. The molecule has 1 unspecified atom stereocenters. The molecule has 23 heavy (non-hydrogen) atoms. The van der Waals surface area contributed by atoms with Gasteiger partial charge in [0.05, 0.1) is 5.56 Å². The number of carbonyl (C=O) groups is 1. The maximum Gasteiger partial charge on any atom is 0.148 e. The average Bonchev–Trinajstić information content (AvgIpc) is 2.87. The molecule has 1 nitrogen and oxygen atoms in total. The monoisotopic (exact) mass is 324 g/mol. The van der Waals surface area contributed by atoms with Gasteiger partial charge in [-0.15, -0.1) is 17.3 Å². The first kappa shape index (κ1) is 15.7. The maximum absolute atomic E-state index is 14.8. The zero-order valence-corrected chi connectivity index (χ0v) is 14.2. The predicted octanol–water partition coefficient (Wildman–Crippen LogP) is 5.65. The molecule has 3 rings (SSSR count). The van der Waals surface area contributed by atoms with Gasteiger partial charge in [-0.05, 0) is 49.6 Å². The Kier molecular flexibility index (Phi) is 4.19. The van der Waals surface area contributed by atoms with Gasteiger partial charge in [0.1, 0.15) is 11.6 Å². The van der Waals surface area contributed by atoms with Crippen LogP contribution in [0.4, 0.5) is 4.39 Å². The van der Waals surface area contributed by atoms with Gasteiger partial charge in [0.25, 0.3) is 0 Å². The lowest BCUT2D eigenvalue weighted by atomic mass is 9.94. The van der Waals surface area contributed by atoms with Crippen molar-refractivity contribution in [1.29, 1.82) is 0 Å². The zero-order chi connectivity index (χ0) is 16.6. The third kappa shape index (κ3) is 2.87. The Morgan fingerprint density at radius 1 is 1.26 bits per heavy atom. The van der Waals surface area contributed by atoms with Crippen LogP contribution in [0.25, 0.3) is 20.2 Å². The van der Waals surface area contributed by atoms with Crippen molar-refractivity contribution in [3.05, 3.63) is 47.3 Å². The highest BCUT2D eigenvalue weighted by Gasteiger charge is 2.15. The molecule has 2 aromatic carbocycles. The summed E-state index contributed by atoms with van der Waals surface area (Å²) in [7, 11) is 0. The van der Waals surface area contributed by atoms with E-state index in [-0.39, 0.29) is 17.5 Å². The summed E-state index contributed by atoms with van der Waals surface area (Å²) in [5, 5.41) is 1.55. The second-order valence-electron chi connectivity index (χ2n) is 5.84. The average molecular weight is 324 g/mol. The number of thiophene rings is 1. The lowest BCUT2D eigenvalue weighted by Gasteiger charge is -2.10. The summed E-state index contributed by atoms with van der Waals surface area (Å²) < 4.78 is 16.8. The standard InChI is InChI=1S/C20H17FOS/c1-4-5-14-6-9-18-19(20(14)21)16-11-15(7-8-17(16)23-18)12(2)10-13(3)22/h6-9,11-12H,10H2,1-3H3. The first-order chi connectivity index (χ1) is 11.0. The van der Waals surface area contributed by atoms with Crippen LogP contribution in [0.5, 0.6) is 0 Å². The second kappa shape index (κ2) is 6.14. The molecule has 0 spiro atoms. The fourth-order valence-corrected chi connectivity index (χ4v) is 4.01. The van der Waals surface area contributed by atoms with Crippen LogP contribution in [0.2, 0.25) is 0 Å². The van der Waals surface area contributed by atoms with E-state index in [1.807, 2.05) is 31.2 Å². The number of fused-ring (bicyclic) bond motifs is 3. The summed E-state index contributed by atoms with van der Waals surface area (Å²) >= 11 is 1.58. The molecular formula is C20H17FOS. The van der Waals surface area contributed by atoms with Crippen molar-refractivity contribution in [2.45, 2.75) is 33.1 Å². The molecule has 0 saturated heterocycles. The van der Waals surface area contributed by atoms with E-state index in [9.17, 15) is 9.18 Å². The van der Waals surface area contributed by atoms with Crippen molar-refractivity contribution in [3.63, 3.8) is 0 Å². The quantitative estimate of drug-likeness (QED) is 0.569. The van der Waals surface area contributed by atoms with Crippen LogP contribution >= 0.6 is 11.3 Å². The molecule has 1 atom stereocenters. The van der Waals surface area contributed by atoms with Gasteiger partial charge in [0.15, 0.2) is 0 Å². The van der Waals surface area contributed by atoms with E-state index < -0.39 is 0 Å². The third-order valence-corrected chi connectivity index (χ3v) is 5.15. The number of rotatable bonds is 3. The van der Waals surface area contributed by atoms with Crippen molar-refractivity contribution in [3.8, 4) is 11.8 Å². The van der Waals surface area contributed by atoms with Gasteiger partial charge in [-0.25, -0.2) is 4.39 Å². The van der Waals surface area contributed by atoms with E-state index in [0.717, 1.165) is 20.3 Å². The molecule has 1 heterocycles. The maximum atomic E-state index is 14.8. The number of halogens is 1. The van der Waals surface area contributed by atoms with Crippen molar-refractivity contribution >= 4 is 37.3 Å². The molecule has 3 heteroatoms. The molecule has 0 amide bonds. The lowest BCUT2D eigenvalue weighted by Crippen LogP contribution is -2.00. The number of hydrogen-bond acceptors (Lipinski definition) is 2. The van der Waals surface area contributed by atoms with Gasteiger partial charge in [0, 0.05) is 26.6 Å². The van der Waals surface area contributed by atoms with E-state index in [1.54, 1.807) is 31.3 Å². The molecule has 0 radical (unpaired) electrons. The van der Waals surface area contributed by atoms with E-state index in [0.29, 0.717) is 17.4 Å². The Labute approximate surface area is 139 Å². The normalized spacial score (nSPS) is 12.2. The molecule has 0 aliphatic rings. The van der Waals surface area contributed by atoms with E-state index in [1.165, 1.54) is 0 Å². The van der Waals surface area contributed by atoms with Gasteiger partial charge >= 0.3 is 0 Å². The van der Waals surface area contributed by atoms with Crippen LogP contribution in [0.3, 0.4) is 0 Å². The summed E-state index contributed by atoms with van der Waals surface area (Å²) in [6, 6.07) is 9.75. The minimum absolute atomic E-state index is 0.133. The highest BCUT2D eigenvalue weighted by atomic mass is 32.1. The highest BCUT2D eigenvalue weighted by molar-refractivity contribution is 7.25. The van der Waals surface area contributed by atoms with Gasteiger partial charge < -0.3 is 4.79 Å². The van der Waals surface area contributed by atoms with E-state index in [2.05, 4.69) is 11.8 Å². The molecular weight excluding hydrogens is 307 g/mol. The van der Waals surface area contributed by atoms with E-state index in [4.69, 9.17) is 0 Å². The molecule has 0 fully saturated rings.